The van der Waals surface area contributed by atoms with E-state index in [1.807, 2.05) is 4.90 Å². The zero-order chi connectivity index (χ0) is 13.2. The molecule has 1 aliphatic rings. The molecule has 4 nitrogen and oxygen atoms in total. The average Bonchev–Trinajstić information content (AvgIpc) is 2.43. The number of nitrogens with one attached hydrogen (secondary N) is 1. The molecule has 1 heterocycles. The number of carbonyl (C=O) groups is 1. The molecular formula is C14H29N3O. The fourth-order valence-corrected chi connectivity index (χ4v) is 2.43. The van der Waals surface area contributed by atoms with Gasteiger partial charge in [-0.2, -0.15) is 0 Å². The summed E-state index contributed by atoms with van der Waals surface area (Å²) < 4.78 is 0. The van der Waals surface area contributed by atoms with E-state index in [2.05, 4.69) is 24.1 Å². The number of likely N-dealkylation sites (tertiary alicyclic amines) is 1. The zero-order valence-electron chi connectivity index (χ0n) is 12.1. The molecule has 106 valence electrons. The number of hydrogen-bond acceptors (Lipinski definition) is 3. The highest BCUT2D eigenvalue weighted by atomic mass is 16.2. The third-order valence-electron chi connectivity index (χ3n) is 3.58. The van der Waals surface area contributed by atoms with Crippen molar-refractivity contribution in [3.05, 3.63) is 0 Å². The van der Waals surface area contributed by atoms with Gasteiger partial charge < -0.3 is 15.1 Å². The van der Waals surface area contributed by atoms with Crippen LogP contribution in [0, 0.1) is 0 Å². The van der Waals surface area contributed by atoms with Gasteiger partial charge in [0.1, 0.15) is 0 Å². The highest BCUT2D eigenvalue weighted by Crippen LogP contribution is 2.08. The standard InChI is InChI=1S/C14H29N3O/c1-3-9-16(4-2)12-8-15-13-14(18)17-10-6-5-7-11-17/h15H,3-13H2,1-2H3. The van der Waals surface area contributed by atoms with E-state index >= 15 is 0 Å². The first kappa shape index (κ1) is 15.4. The van der Waals surface area contributed by atoms with Crippen molar-refractivity contribution in [1.82, 2.24) is 15.1 Å². The smallest absolute Gasteiger partial charge is 0.236 e. The summed E-state index contributed by atoms with van der Waals surface area (Å²) in [5.74, 6) is 0.272. The van der Waals surface area contributed by atoms with Gasteiger partial charge in [0.2, 0.25) is 5.91 Å². The van der Waals surface area contributed by atoms with E-state index in [9.17, 15) is 4.79 Å². The van der Waals surface area contributed by atoms with E-state index < -0.39 is 0 Å². The van der Waals surface area contributed by atoms with Crippen molar-refractivity contribution in [2.24, 2.45) is 0 Å². The van der Waals surface area contributed by atoms with Crippen LogP contribution in [0.5, 0.6) is 0 Å². The van der Waals surface area contributed by atoms with E-state index in [1.54, 1.807) is 0 Å². The second-order valence-electron chi connectivity index (χ2n) is 5.05. The van der Waals surface area contributed by atoms with Gasteiger partial charge in [-0.1, -0.05) is 13.8 Å². The van der Waals surface area contributed by atoms with Crippen molar-refractivity contribution < 1.29 is 4.79 Å². The second-order valence-corrected chi connectivity index (χ2v) is 5.05. The van der Waals surface area contributed by atoms with Crippen LogP contribution in [0.3, 0.4) is 0 Å². The fraction of sp³-hybridized carbons (Fsp3) is 0.929. The van der Waals surface area contributed by atoms with Crippen LogP contribution < -0.4 is 5.32 Å². The summed E-state index contributed by atoms with van der Waals surface area (Å²) in [5, 5.41) is 3.27. The number of carbonyl (C=O) groups excluding carboxylic acids is 1. The molecule has 0 aromatic rings. The van der Waals surface area contributed by atoms with Crippen molar-refractivity contribution in [3.8, 4) is 0 Å². The van der Waals surface area contributed by atoms with Crippen LogP contribution in [0.2, 0.25) is 0 Å². The first-order chi connectivity index (χ1) is 8.77. The summed E-state index contributed by atoms with van der Waals surface area (Å²) in [7, 11) is 0. The van der Waals surface area contributed by atoms with Crippen LogP contribution in [0.25, 0.3) is 0 Å². The molecule has 4 heteroatoms. The Morgan fingerprint density at radius 2 is 1.89 bits per heavy atom. The summed E-state index contributed by atoms with van der Waals surface area (Å²) in [6.45, 7) is 11.0. The van der Waals surface area contributed by atoms with Crippen LogP contribution in [-0.2, 0) is 4.79 Å². The first-order valence-electron chi connectivity index (χ1n) is 7.48. The lowest BCUT2D eigenvalue weighted by Gasteiger charge is -2.27. The minimum absolute atomic E-state index is 0.272. The second kappa shape index (κ2) is 9.34. The highest BCUT2D eigenvalue weighted by molar-refractivity contribution is 5.78. The number of piperidine rings is 1. The lowest BCUT2D eigenvalue weighted by atomic mass is 10.1. The van der Waals surface area contributed by atoms with Crippen molar-refractivity contribution >= 4 is 5.91 Å². The van der Waals surface area contributed by atoms with Gasteiger partial charge in [-0.05, 0) is 38.8 Å². The molecule has 1 rings (SSSR count). The number of nitrogens with zero attached hydrogens (tertiary/aromatic N) is 2. The normalized spacial score (nSPS) is 16.3. The molecule has 0 unspecified atom stereocenters. The third-order valence-corrected chi connectivity index (χ3v) is 3.58. The molecule has 0 aromatic heterocycles. The fourth-order valence-electron chi connectivity index (χ4n) is 2.43. The molecule has 0 aliphatic carbocycles. The van der Waals surface area contributed by atoms with Gasteiger partial charge in [-0.25, -0.2) is 0 Å². The van der Waals surface area contributed by atoms with Gasteiger partial charge >= 0.3 is 0 Å². The molecule has 1 fully saturated rings. The molecule has 1 N–H and O–H groups in total. The molecule has 0 aromatic carbocycles. The van der Waals surface area contributed by atoms with Crippen molar-refractivity contribution in [2.75, 3.05) is 45.8 Å². The van der Waals surface area contributed by atoms with Gasteiger partial charge in [-0.15, -0.1) is 0 Å². The number of amides is 1. The summed E-state index contributed by atoms with van der Waals surface area (Å²) in [6.07, 6.45) is 4.82. The summed E-state index contributed by atoms with van der Waals surface area (Å²) >= 11 is 0. The van der Waals surface area contributed by atoms with Crippen LogP contribution in [0.4, 0.5) is 0 Å². The third kappa shape index (κ3) is 5.83. The van der Waals surface area contributed by atoms with Crippen LogP contribution in [0.15, 0.2) is 0 Å². The largest absolute Gasteiger partial charge is 0.342 e. The van der Waals surface area contributed by atoms with Gasteiger partial charge in [0.25, 0.3) is 0 Å². The predicted octanol–water partition coefficient (Wildman–Crippen LogP) is 1.32. The maximum absolute atomic E-state index is 11.9. The summed E-state index contributed by atoms with van der Waals surface area (Å²) in [5.41, 5.74) is 0. The lowest BCUT2D eigenvalue weighted by molar-refractivity contribution is -0.131. The van der Waals surface area contributed by atoms with E-state index in [4.69, 9.17) is 0 Å². The molecule has 1 saturated heterocycles. The van der Waals surface area contributed by atoms with Crippen LogP contribution in [0.1, 0.15) is 39.5 Å². The Morgan fingerprint density at radius 3 is 2.50 bits per heavy atom. The molecule has 0 saturated carbocycles. The van der Waals surface area contributed by atoms with Gasteiger partial charge in [0.05, 0.1) is 6.54 Å². The maximum atomic E-state index is 11.9. The first-order valence-corrected chi connectivity index (χ1v) is 7.48. The Morgan fingerprint density at radius 1 is 1.17 bits per heavy atom. The Kier molecular flexibility index (Phi) is 8.01. The zero-order valence-corrected chi connectivity index (χ0v) is 12.1. The monoisotopic (exact) mass is 255 g/mol. The van der Waals surface area contributed by atoms with Crippen molar-refractivity contribution in [2.45, 2.75) is 39.5 Å². The topological polar surface area (TPSA) is 35.6 Å². The van der Waals surface area contributed by atoms with Crippen LogP contribution in [-0.4, -0.2) is 61.5 Å². The van der Waals surface area contributed by atoms with E-state index in [0.29, 0.717) is 6.54 Å². The Labute approximate surface area is 112 Å². The summed E-state index contributed by atoms with van der Waals surface area (Å²) in [6, 6.07) is 0. The number of hydrogen-bond donors (Lipinski definition) is 1. The van der Waals surface area contributed by atoms with E-state index in [0.717, 1.165) is 39.3 Å². The molecule has 0 spiro atoms. The molecule has 1 aliphatic heterocycles. The van der Waals surface area contributed by atoms with Crippen LogP contribution >= 0.6 is 0 Å². The molecule has 0 bridgehead atoms. The lowest BCUT2D eigenvalue weighted by Crippen LogP contribution is -2.42. The minimum atomic E-state index is 0.272. The Hall–Kier alpha value is -0.610. The molecular weight excluding hydrogens is 226 g/mol. The molecule has 0 radical (unpaired) electrons. The van der Waals surface area contributed by atoms with E-state index in [1.165, 1.54) is 25.7 Å². The quantitative estimate of drug-likeness (QED) is 0.665. The number of rotatable bonds is 8. The van der Waals surface area contributed by atoms with Gasteiger partial charge in [0.15, 0.2) is 0 Å². The molecule has 1 amide bonds. The highest BCUT2D eigenvalue weighted by Gasteiger charge is 2.15. The predicted molar refractivity (Wildman–Crippen MR) is 75.7 cm³/mol. The van der Waals surface area contributed by atoms with Gasteiger partial charge in [0, 0.05) is 26.2 Å². The molecule has 18 heavy (non-hydrogen) atoms. The average molecular weight is 255 g/mol. The van der Waals surface area contributed by atoms with Crippen molar-refractivity contribution in [1.29, 1.82) is 0 Å². The van der Waals surface area contributed by atoms with Crippen molar-refractivity contribution in [3.63, 3.8) is 0 Å². The molecule has 0 atom stereocenters. The maximum Gasteiger partial charge on any atom is 0.236 e. The van der Waals surface area contributed by atoms with E-state index in [-0.39, 0.29) is 5.91 Å². The minimum Gasteiger partial charge on any atom is -0.342 e. The Balaban J connectivity index is 2.07. The SMILES string of the molecule is CCCN(CC)CCNCC(=O)N1CCCCC1. The Bertz CT molecular complexity index is 227. The summed E-state index contributed by atoms with van der Waals surface area (Å²) in [4.78, 5) is 16.3. The van der Waals surface area contributed by atoms with Gasteiger partial charge in [-0.3, -0.25) is 4.79 Å². The number of likely N-dealkylation sites (N-methyl/N-ethyl adjacent to an activating group) is 1.